The standard InChI is InChI=1S/C16H24N6OS/c1-3-13-17-18-14(23-13)10-24-16-20-19-15(22(16)12-4-5-12)21-8-6-11(2)7-9-21/h11-12H,3-10H2,1-2H3. The topological polar surface area (TPSA) is 72.9 Å². The minimum absolute atomic E-state index is 0.561. The lowest BCUT2D eigenvalue weighted by Crippen LogP contribution is -2.34. The van der Waals surface area contributed by atoms with E-state index < -0.39 is 0 Å². The zero-order chi connectivity index (χ0) is 16.5. The summed E-state index contributed by atoms with van der Waals surface area (Å²) in [6, 6.07) is 0.561. The number of aryl methyl sites for hydroxylation is 1. The molecule has 2 fully saturated rings. The van der Waals surface area contributed by atoms with Crippen LogP contribution in [0.3, 0.4) is 0 Å². The van der Waals surface area contributed by atoms with Crippen LogP contribution in [0.1, 0.15) is 57.4 Å². The molecule has 4 rings (SSSR count). The largest absolute Gasteiger partial charge is 0.424 e. The third-order valence-electron chi connectivity index (χ3n) is 4.76. The molecule has 2 aliphatic rings. The Morgan fingerprint density at radius 3 is 2.46 bits per heavy atom. The molecule has 24 heavy (non-hydrogen) atoms. The normalized spacial score (nSPS) is 19.2. The monoisotopic (exact) mass is 348 g/mol. The molecule has 1 saturated carbocycles. The number of hydrogen-bond donors (Lipinski definition) is 0. The van der Waals surface area contributed by atoms with Crippen LogP contribution in [0.2, 0.25) is 0 Å². The lowest BCUT2D eigenvalue weighted by molar-refractivity contribution is 0.429. The molecule has 1 saturated heterocycles. The molecule has 1 aliphatic carbocycles. The van der Waals surface area contributed by atoms with Gasteiger partial charge in [0.05, 0.1) is 5.75 Å². The van der Waals surface area contributed by atoms with E-state index in [0.717, 1.165) is 36.5 Å². The summed E-state index contributed by atoms with van der Waals surface area (Å²) in [5.41, 5.74) is 0. The minimum Gasteiger partial charge on any atom is -0.424 e. The number of aromatic nitrogens is 5. The van der Waals surface area contributed by atoms with Crippen molar-refractivity contribution in [1.82, 2.24) is 25.0 Å². The van der Waals surface area contributed by atoms with Crippen molar-refractivity contribution in [3.05, 3.63) is 11.8 Å². The molecule has 7 nitrogen and oxygen atoms in total. The van der Waals surface area contributed by atoms with Crippen LogP contribution in [0.25, 0.3) is 0 Å². The molecule has 0 N–H and O–H groups in total. The van der Waals surface area contributed by atoms with Crippen LogP contribution >= 0.6 is 11.8 Å². The molecule has 130 valence electrons. The van der Waals surface area contributed by atoms with Gasteiger partial charge in [-0.15, -0.1) is 20.4 Å². The fraction of sp³-hybridized carbons (Fsp3) is 0.750. The van der Waals surface area contributed by atoms with Gasteiger partial charge in [0.2, 0.25) is 17.7 Å². The molecular weight excluding hydrogens is 324 g/mol. The fourth-order valence-corrected chi connectivity index (χ4v) is 3.90. The van der Waals surface area contributed by atoms with Crippen molar-refractivity contribution in [2.75, 3.05) is 18.0 Å². The first-order valence-corrected chi connectivity index (χ1v) is 9.87. The first-order chi connectivity index (χ1) is 11.7. The van der Waals surface area contributed by atoms with E-state index in [9.17, 15) is 0 Å². The lowest BCUT2D eigenvalue weighted by Gasteiger charge is -2.31. The molecule has 1 aliphatic heterocycles. The number of anilines is 1. The Bertz CT molecular complexity index is 687. The van der Waals surface area contributed by atoms with Gasteiger partial charge >= 0.3 is 0 Å². The second-order valence-electron chi connectivity index (χ2n) is 6.79. The summed E-state index contributed by atoms with van der Waals surface area (Å²) in [6.45, 7) is 6.51. The number of hydrogen-bond acceptors (Lipinski definition) is 7. The summed E-state index contributed by atoms with van der Waals surface area (Å²) in [5, 5.41) is 18.1. The minimum atomic E-state index is 0.561. The van der Waals surface area contributed by atoms with Gasteiger partial charge in [-0.25, -0.2) is 0 Å². The van der Waals surface area contributed by atoms with Crippen molar-refractivity contribution in [2.24, 2.45) is 5.92 Å². The van der Waals surface area contributed by atoms with Crippen molar-refractivity contribution in [3.63, 3.8) is 0 Å². The predicted molar refractivity (Wildman–Crippen MR) is 92.1 cm³/mol. The predicted octanol–water partition coefficient (Wildman–Crippen LogP) is 3.09. The summed E-state index contributed by atoms with van der Waals surface area (Å²) in [7, 11) is 0. The molecule has 3 heterocycles. The molecule has 0 atom stereocenters. The number of piperidine rings is 1. The van der Waals surface area contributed by atoms with Crippen molar-refractivity contribution in [3.8, 4) is 0 Å². The fourth-order valence-electron chi connectivity index (χ4n) is 3.06. The smallest absolute Gasteiger partial charge is 0.228 e. The summed E-state index contributed by atoms with van der Waals surface area (Å²) in [5.74, 6) is 3.87. The third kappa shape index (κ3) is 3.29. The zero-order valence-electron chi connectivity index (χ0n) is 14.3. The Balaban J connectivity index is 1.49. The second-order valence-corrected chi connectivity index (χ2v) is 7.73. The Hall–Kier alpha value is -1.57. The molecule has 0 spiro atoms. The Morgan fingerprint density at radius 1 is 1.04 bits per heavy atom. The van der Waals surface area contributed by atoms with Crippen LogP contribution in [-0.2, 0) is 12.2 Å². The van der Waals surface area contributed by atoms with E-state index in [0.29, 0.717) is 23.6 Å². The van der Waals surface area contributed by atoms with Crippen molar-refractivity contribution < 1.29 is 4.42 Å². The maximum atomic E-state index is 5.59. The Kier molecular flexibility index (Phi) is 4.47. The summed E-state index contributed by atoms with van der Waals surface area (Å²) >= 11 is 1.64. The van der Waals surface area contributed by atoms with Crippen molar-refractivity contribution >= 4 is 17.7 Å². The Morgan fingerprint density at radius 2 is 1.79 bits per heavy atom. The van der Waals surface area contributed by atoms with Gasteiger partial charge < -0.3 is 9.32 Å². The summed E-state index contributed by atoms with van der Waals surface area (Å²) < 4.78 is 7.93. The van der Waals surface area contributed by atoms with Crippen LogP contribution in [0.4, 0.5) is 5.95 Å². The maximum Gasteiger partial charge on any atom is 0.228 e. The maximum absolute atomic E-state index is 5.59. The van der Waals surface area contributed by atoms with E-state index in [2.05, 4.69) is 36.8 Å². The first-order valence-electron chi connectivity index (χ1n) is 8.88. The van der Waals surface area contributed by atoms with Gasteiger partial charge in [0.25, 0.3) is 0 Å². The van der Waals surface area contributed by atoms with E-state index in [4.69, 9.17) is 4.42 Å². The molecule has 0 radical (unpaired) electrons. The summed E-state index contributed by atoms with van der Waals surface area (Å²) in [4.78, 5) is 2.40. The highest BCUT2D eigenvalue weighted by Gasteiger charge is 2.32. The van der Waals surface area contributed by atoms with Crippen molar-refractivity contribution in [2.45, 2.75) is 62.9 Å². The molecule has 0 aromatic carbocycles. The quantitative estimate of drug-likeness (QED) is 0.743. The van der Waals surface area contributed by atoms with E-state index in [-0.39, 0.29) is 0 Å². The van der Waals surface area contributed by atoms with Crippen LogP contribution < -0.4 is 4.90 Å². The average molecular weight is 348 g/mol. The van der Waals surface area contributed by atoms with Gasteiger partial charge in [0.1, 0.15) is 0 Å². The molecule has 2 aromatic heterocycles. The zero-order valence-corrected chi connectivity index (χ0v) is 15.1. The van der Waals surface area contributed by atoms with Crippen LogP contribution in [0.15, 0.2) is 9.57 Å². The van der Waals surface area contributed by atoms with E-state index in [1.807, 2.05) is 6.92 Å². The lowest BCUT2D eigenvalue weighted by atomic mass is 10.00. The van der Waals surface area contributed by atoms with Crippen LogP contribution in [0, 0.1) is 5.92 Å². The van der Waals surface area contributed by atoms with Crippen molar-refractivity contribution in [1.29, 1.82) is 0 Å². The molecule has 8 heteroatoms. The van der Waals surface area contributed by atoms with Gasteiger partial charge in [-0.3, -0.25) is 4.57 Å². The molecule has 0 bridgehead atoms. The highest BCUT2D eigenvalue weighted by Crippen LogP contribution is 2.41. The SMILES string of the molecule is CCc1nnc(CSc2nnc(N3CCC(C)CC3)n2C2CC2)o1. The van der Waals surface area contributed by atoms with Crippen LogP contribution in [0.5, 0.6) is 0 Å². The molecule has 0 amide bonds. The third-order valence-corrected chi connectivity index (χ3v) is 5.69. The van der Waals surface area contributed by atoms with E-state index >= 15 is 0 Å². The first kappa shape index (κ1) is 15.9. The van der Waals surface area contributed by atoms with E-state index in [1.54, 1.807) is 11.8 Å². The summed E-state index contributed by atoms with van der Waals surface area (Å²) in [6.07, 6.45) is 5.70. The molecule has 2 aromatic rings. The van der Waals surface area contributed by atoms with Gasteiger partial charge in [0.15, 0.2) is 5.16 Å². The van der Waals surface area contributed by atoms with Crippen LogP contribution in [-0.4, -0.2) is 38.1 Å². The van der Waals surface area contributed by atoms with Gasteiger partial charge in [-0.2, -0.15) is 0 Å². The van der Waals surface area contributed by atoms with Gasteiger partial charge in [-0.1, -0.05) is 25.6 Å². The number of rotatable bonds is 6. The van der Waals surface area contributed by atoms with E-state index in [1.165, 1.54) is 25.7 Å². The van der Waals surface area contributed by atoms with Gasteiger partial charge in [0, 0.05) is 25.6 Å². The highest BCUT2D eigenvalue weighted by atomic mass is 32.2. The highest BCUT2D eigenvalue weighted by molar-refractivity contribution is 7.98. The molecule has 0 unspecified atom stereocenters. The van der Waals surface area contributed by atoms with Gasteiger partial charge in [-0.05, 0) is 31.6 Å². The second kappa shape index (κ2) is 6.74. The number of thioether (sulfide) groups is 1. The number of nitrogens with zero attached hydrogens (tertiary/aromatic N) is 6. The Labute approximate surface area is 146 Å². The molecular formula is C16H24N6OS. The average Bonchev–Trinajstić information content (AvgIpc) is 3.18.